The van der Waals surface area contributed by atoms with E-state index in [1.54, 1.807) is 19.2 Å². The van der Waals surface area contributed by atoms with E-state index in [-0.39, 0.29) is 30.6 Å². The quantitative estimate of drug-likeness (QED) is 0.703. The number of ketones is 1. The van der Waals surface area contributed by atoms with Gasteiger partial charge >= 0.3 is 0 Å². The molecule has 2 aromatic carbocycles. The molecule has 0 saturated carbocycles. The first-order valence-corrected chi connectivity index (χ1v) is 8.66. The monoisotopic (exact) mass is 354 g/mol. The van der Waals surface area contributed by atoms with E-state index in [2.05, 4.69) is 10.2 Å². The van der Waals surface area contributed by atoms with Gasteiger partial charge in [-0.2, -0.15) is 0 Å². The molecular weight excluding hydrogens is 328 g/mol. The summed E-state index contributed by atoms with van der Waals surface area (Å²) in [5.41, 5.74) is 1.74. The summed E-state index contributed by atoms with van der Waals surface area (Å²) in [5, 5.41) is 2.93. The summed E-state index contributed by atoms with van der Waals surface area (Å²) in [5.74, 6) is 0.671. The van der Waals surface area contributed by atoms with Gasteiger partial charge in [0.25, 0.3) is 0 Å². The van der Waals surface area contributed by atoms with Crippen LogP contribution in [0.25, 0.3) is 0 Å². The third-order valence-electron chi connectivity index (χ3n) is 4.29. The molecule has 0 fully saturated rings. The van der Waals surface area contributed by atoms with Gasteiger partial charge in [0.1, 0.15) is 5.75 Å². The van der Waals surface area contributed by atoms with Crippen LogP contribution in [0.1, 0.15) is 34.8 Å². The second kappa shape index (κ2) is 9.73. The van der Waals surface area contributed by atoms with Crippen molar-refractivity contribution in [3.8, 4) is 5.75 Å². The van der Waals surface area contributed by atoms with Crippen LogP contribution in [0.5, 0.6) is 5.75 Å². The van der Waals surface area contributed by atoms with Crippen LogP contribution in [0.4, 0.5) is 0 Å². The molecule has 0 saturated heterocycles. The van der Waals surface area contributed by atoms with Crippen molar-refractivity contribution in [1.82, 2.24) is 10.2 Å². The summed E-state index contributed by atoms with van der Waals surface area (Å²) in [6.07, 6.45) is 0.404. The Balaban J connectivity index is 1.86. The fourth-order valence-corrected chi connectivity index (χ4v) is 2.72. The van der Waals surface area contributed by atoms with Crippen molar-refractivity contribution < 1.29 is 14.3 Å². The van der Waals surface area contributed by atoms with Crippen LogP contribution in [0, 0.1) is 0 Å². The summed E-state index contributed by atoms with van der Waals surface area (Å²) in [4.78, 5) is 26.3. The van der Waals surface area contributed by atoms with E-state index in [0.29, 0.717) is 12.1 Å². The first-order chi connectivity index (χ1) is 12.5. The van der Waals surface area contributed by atoms with Gasteiger partial charge in [-0.1, -0.05) is 42.5 Å². The Morgan fingerprint density at radius 1 is 1.00 bits per heavy atom. The van der Waals surface area contributed by atoms with Crippen LogP contribution < -0.4 is 10.1 Å². The summed E-state index contributed by atoms with van der Waals surface area (Å²) in [6.45, 7) is 0.484. The molecule has 0 aliphatic carbocycles. The van der Waals surface area contributed by atoms with Gasteiger partial charge in [-0.25, -0.2) is 0 Å². The number of carbonyl (C=O) groups is 2. The lowest BCUT2D eigenvalue weighted by Gasteiger charge is -2.25. The first-order valence-electron chi connectivity index (χ1n) is 8.66. The molecule has 0 bridgehead atoms. The minimum Gasteiger partial charge on any atom is -0.497 e. The van der Waals surface area contributed by atoms with Crippen LogP contribution in [0.3, 0.4) is 0 Å². The number of hydrogen-bond acceptors (Lipinski definition) is 4. The third kappa shape index (κ3) is 5.70. The molecule has 2 rings (SSSR count). The molecule has 5 nitrogen and oxygen atoms in total. The number of nitrogens with one attached hydrogen (secondary N) is 1. The minimum atomic E-state index is -0.116. The van der Waals surface area contributed by atoms with Crippen molar-refractivity contribution in [2.45, 2.75) is 18.9 Å². The number of Topliss-reactive ketones (excluding diaryl/α,β-unsaturated/α-hetero) is 1. The van der Waals surface area contributed by atoms with Crippen LogP contribution >= 0.6 is 0 Å². The molecule has 0 aromatic heterocycles. The smallest absolute Gasteiger partial charge is 0.220 e. The predicted octanol–water partition coefficient (Wildman–Crippen LogP) is 3.08. The molecule has 5 heteroatoms. The number of rotatable bonds is 9. The van der Waals surface area contributed by atoms with Gasteiger partial charge in [-0.05, 0) is 31.8 Å². The van der Waals surface area contributed by atoms with Crippen LogP contribution in [0.15, 0.2) is 54.6 Å². The number of ether oxygens (including phenoxy) is 1. The molecular formula is C21H26N2O3. The number of amides is 1. The molecule has 1 atom stereocenters. The predicted molar refractivity (Wildman–Crippen MR) is 102 cm³/mol. The van der Waals surface area contributed by atoms with Crippen LogP contribution in [0.2, 0.25) is 0 Å². The first kappa shape index (κ1) is 19.7. The second-order valence-corrected chi connectivity index (χ2v) is 6.35. The second-order valence-electron chi connectivity index (χ2n) is 6.35. The van der Waals surface area contributed by atoms with Crippen molar-refractivity contribution in [2.75, 3.05) is 27.7 Å². The fourth-order valence-electron chi connectivity index (χ4n) is 2.72. The molecule has 26 heavy (non-hydrogen) atoms. The van der Waals surface area contributed by atoms with Crippen molar-refractivity contribution in [1.29, 1.82) is 0 Å². The molecule has 1 amide bonds. The molecule has 0 aliphatic rings. The van der Waals surface area contributed by atoms with Gasteiger partial charge in [-0.3, -0.25) is 9.59 Å². The normalized spacial score (nSPS) is 11.8. The minimum absolute atomic E-state index is 0.0138. The van der Waals surface area contributed by atoms with Crippen LogP contribution in [-0.4, -0.2) is 44.3 Å². The number of likely N-dealkylation sites (N-methyl/N-ethyl adjacent to an activating group) is 1. The highest BCUT2D eigenvalue weighted by molar-refractivity contribution is 5.97. The zero-order valence-corrected chi connectivity index (χ0v) is 15.6. The number of hydrogen-bond donors (Lipinski definition) is 1. The Morgan fingerprint density at radius 3 is 2.23 bits per heavy atom. The largest absolute Gasteiger partial charge is 0.497 e. The fraction of sp³-hybridized carbons (Fsp3) is 0.333. The highest BCUT2D eigenvalue weighted by Crippen LogP contribution is 2.20. The van der Waals surface area contributed by atoms with Crippen molar-refractivity contribution >= 4 is 11.7 Å². The number of benzene rings is 2. The maximum atomic E-state index is 12.1. The van der Waals surface area contributed by atoms with Gasteiger partial charge < -0.3 is 15.0 Å². The molecule has 0 heterocycles. The van der Waals surface area contributed by atoms with Crippen molar-refractivity contribution in [2.24, 2.45) is 0 Å². The van der Waals surface area contributed by atoms with Gasteiger partial charge in [0, 0.05) is 24.9 Å². The zero-order valence-electron chi connectivity index (χ0n) is 15.6. The average Bonchev–Trinajstić information content (AvgIpc) is 2.67. The van der Waals surface area contributed by atoms with Gasteiger partial charge in [-0.15, -0.1) is 0 Å². The van der Waals surface area contributed by atoms with E-state index < -0.39 is 0 Å². The maximum absolute atomic E-state index is 12.1. The number of carbonyl (C=O) groups excluding carboxylic acids is 2. The highest BCUT2D eigenvalue weighted by atomic mass is 16.5. The van der Waals surface area contributed by atoms with E-state index in [4.69, 9.17) is 4.74 Å². The molecule has 0 spiro atoms. The van der Waals surface area contributed by atoms with E-state index in [1.807, 2.05) is 56.6 Å². The lowest BCUT2D eigenvalue weighted by Crippen LogP contribution is -2.34. The number of methoxy groups -OCH3 is 1. The van der Waals surface area contributed by atoms with Crippen molar-refractivity contribution in [3.05, 3.63) is 65.7 Å². The number of nitrogens with zero attached hydrogens (tertiary/aromatic N) is 1. The maximum Gasteiger partial charge on any atom is 0.220 e. The Labute approximate surface area is 155 Å². The molecule has 1 N–H and O–H groups in total. The molecule has 0 aliphatic heterocycles. The Kier molecular flexibility index (Phi) is 7.36. The zero-order chi connectivity index (χ0) is 18.9. The summed E-state index contributed by atoms with van der Waals surface area (Å²) in [6, 6.07) is 16.9. The molecule has 2 aromatic rings. The van der Waals surface area contributed by atoms with E-state index in [0.717, 1.165) is 11.3 Å². The van der Waals surface area contributed by atoms with Gasteiger partial charge in [0.2, 0.25) is 5.91 Å². The standard InChI is InChI=1S/C21H26N2O3/c1-23(2)19(16-9-11-18(26-3)12-10-16)15-22-21(25)14-13-20(24)17-7-5-4-6-8-17/h4-12,19H,13-15H2,1-3H3,(H,22,25). The summed E-state index contributed by atoms with van der Waals surface area (Å²) < 4.78 is 5.18. The third-order valence-corrected chi connectivity index (χ3v) is 4.29. The molecule has 138 valence electrons. The Morgan fingerprint density at radius 2 is 1.65 bits per heavy atom. The Bertz CT molecular complexity index is 712. The lowest BCUT2D eigenvalue weighted by molar-refractivity contribution is -0.121. The summed E-state index contributed by atoms with van der Waals surface area (Å²) >= 11 is 0. The van der Waals surface area contributed by atoms with Crippen LogP contribution in [-0.2, 0) is 4.79 Å². The summed E-state index contributed by atoms with van der Waals surface area (Å²) in [7, 11) is 5.58. The highest BCUT2D eigenvalue weighted by Gasteiger charge is 2.16. The van der Waals surface area contributed by atoms with E-state index in [1.165, 1.54) is 0 Å². The van der Waals surface area contributed by atoms with E-state index in [9.17, 15) is 9.59 Å². The van der Waals surface area contributed by atoms with Crippen molar-refractivity contribution in [3.63, 3.8) is 0 Å². The van der Waals surface area contributed by atoms with Gasteiger partial charge in [0.05, 0.1) is 13.2 Å². The lowest BCUT2D eigenvalue weighted by atomic mass is 10.0. The average molecular weight is 354 g/mol. The molecule has 1 unspecified atom stereocenters. The molecule has 0 radical (unpaired) electrons. The Hall–Kier alpha value is -2.66. The topological polar surface area (TPSA) is 58.6 Å². The van der Waals surface area contributed by atoms with Gasteiger partial charge in [0.15, 0.2) is 5.78 Å². The SMILES string of the molecule is COc1ccc(C(CNC(=O)CCC(=O)c2ccccc2)N(C)C)cc1. The van der Waals surface area contributed by atoms with E-state index >= 15 is 0 Å².